The Morgan fingerprint density at radius 1 is 1.26 bits per heavy atom. The van der Waals surface area contributed by atoms with Gasteiger partial charge in [-0.15, -0.1) is 6.58 Å². The number of aliphatic hydroxyl groups is 1. The van der Waals surface area contributed by atoms with Gasteiger partial charge in [-0.3, -0.25) is 4.90 Å². The number of rotatable bonds is 7. The molecule has 19 heavy (non-hydrogen) atoms. The Kier molecular flexibility index (Phi) is 6.31. The summed E-state index contributed by atoms with van der Waals surface area (Å²) < 4.78 is 5.38. The van der Waals surface area contributed by atoms with Crippen molar-refractivity contribution in [2.24, 2.45) is 5.92 Å². The van der Waals surface area contributed by atoms with E-state index in [1.54, 1.807) is 0 Å². The molecular formula is C15H28N2O2. The fourth-order valence-corrected chi connectivity index (χ4v) is 3.08. The molecule has 0 amide bonds. The van der Waals surface area contributed by atoms with Crippen LogP contribution in [0.1, 0.15) is 19.3 Å². The highest BCUT2D eigenvalue weighted by Crippen LogP contribution is 2.18. The molecule has 2 rings (SSSR count). The second kappa shape index (κ2) is 8.00. The van der Waals surface area contributed by atoms with Crippen molar-refractivity contribution >= 4 is 0 Å². The molecule has 4 heteroatoms. The third kappa shape index (κ3) is 5.22. The van der Waals surface area contributed by atoms with Gasteiger partial charge in [0.15, 0.2) is 0 Å². The van der Waals surface area contributed by atoms with Crippen molar-refractivity contribution < 1.29 is 9.84 Å². The first-order valence-corrected chi connectivity index (χ1v) is 7.59. The molecule has 2 aliphatic rings. The molecule has 2 fully saturated rings. The zero-order valence-electron chi connectivity index (χ0n) is 12.0. The predicted molar refractivity (Wildman–Crippen MR) is 77.2 cm³/mol. The van der Waals surface area contributed by atoms with Gasteiger partial charge in [-0.05, 0) is 31.7 Å². The van der Waals surface area contributed by atoms with E-state index >= 15 is 0 Å². The molecule has 0 aromatic heterocycles. The minimum absolute atomic E-state index is 0.194. The number of morpholine rings is 1. The topological polar surface area (TPSA) is 35.9 Å². The number of β-amino-alcohol motifs (C(OH)–C–C–N with tert-alkyl or cyclic N) is 1. The first-order chi connectivity index (χ1) is 9.28. The zero-order valence-corrected chi connectivity index (χ0v) is 12.0. The summed E-state index contributed by atoms with van der Waals surface area (Å²) in [4.78, 5) is 4.94. The SMILES string of the molecule is C=CCCC(O)CN1CCC(CN2CCOCC2)C1. The van der Waals surface area contributed by atoms with E-state index in [2.05, 4.69) is 16.4 Å². The van der Waals surface area contributed by atoms with Crippen molar-refractivity contribution in [2.75, 3.05) is 52.5 Å². The Hall–Kier alpha value is -0.420. The molecule has 2 saturated heterocycles. The Balaban J connectivity index is 1.63. The number of hydrogen-bond donors (Lipinski definition) is 1. The Labute approximate surface area is 117 Å². The summed E-state index contributed by atoms with van der Waals surface area (Å²) in [7, 11) is 0. The van der Waals surface area contributed by atoms with Gasteiger partial charge in [0, 0.05) is 32.7 Å². The summed E-state index contributed by atoms with van der Waals surface area (Å²) in [6.45, 7) is 11.9. The lowest BCUT2D eigenvalue weighted by Gasteiger charge is -2.29. The number of allylic oxidation sites excluding steroid dienone is 1. The number of nitrogens with zero attached hydrogens (tertiary/aromatic N) is 2. The van der Waals surface area contributed by atoms with Gasteiger partial charge in [0.25, 0.3) is 0 Å². The van der Waals surface area contributed by atoms with Crippen molar-refractivity contribution in [3.63, 3.8) is 0 Å². The third-order valence-electron chi connectivity index (χ3n) is 4.16. The molecule has 110 valence electrons. The lowest BCUT2D eigenvalue weighted by molar-refractivity contribution is 0.0308. The predicted octanol–water partition coefficient (Wildman–Crippen LogP) is 0.968. The van der Waals surface area contributed by atoms with Gasteiger partial charge >= 0.3 is 0 Å². The summed E-state index contributed by atoms with van der Waals surface area (Å²) in [5.41, 5.74) is 0. The van der Waals surface area contributed by atoms with Gasteiger partial charge in [-0.25, -0.2) is 0 Å². The number of ether oxygens (including phenoxy) is 1. The van der Waals surface area contributed by atoms with Crippen LogP contribution in [0.4, 0.5) is 0 Å². The van der Waals surface area contributed by atoms with E-state index in [9.17, 15) is 5.11 Å². The fraction of sp³-hybridized carbons (Fsp3) is 0.867. The summed E-state index contributed by atoms with van der Waals surface area (Å²) in [6, 6.07) is 0. The van der Waals surface area contributed by atoms with Crippen LogP contribution >= 0.6 is 0 Å². The second-order valence-electron chi connectivity index (χ2n) is 5.85. The molecule has 0 bridgehead atoms. The second-order valence-corrected chi connectivity index (χ2v) is 5.85. The molecule has 0 radical (unpaired) electrons. The molecule has 0 spiro atoms. The smallest absolute Gasteiger partial charge is 0.0670 e. The Morgan fingerprint density at radius 2 is 2.05 bits per heavy atom. The molecule has 2 unspecified atom stereocenters. The summed E-state index contributed by atoms with van der Waals surface area (Å²) in [5.74, 6) is 0.768. The molecule has 0 aromatic carbocycles. The van der Waals surface area contributed by atoms with Crippen LogP contribution in [0.3, 0.4) is 0 Å². The van der Waals surface area contributed by atoms with Gasteiger partial charge in [0.1, 0.15) is 0 Å². The molecule has 2 atom stereocenters. The van der Waals surface area contributed by atoms with Crippen LogP contribution in [-0.2, 0) is 4.74 Å². The fourth-order valence-electron chi connectivity index (χ4n) is 3.08. The quantitative estimate of drug-likeness (QED) is 0.698. The van der Waals surface area contributed by atoms with Gasteiger partial charge in [-0.2, -0.15) is 0 Å². The van der Waals surface area contributed by atoms with Gasteiger partial charge in [-0.1, -0.05) is 6.08 Å². The van der Waals surface area contributed by atoms with Crippen molar-refractivity contribution in [3.05, 3.63) is 12.7 Å². The summed E-state index contributed by atoms with van der Waals surface area (Å²) in [6.07, 6.45) is 4.71. The standard InChI is InChI=1S/C15H28N2O2/c1-2-3-4-15(18)13-17-6-5-14(12-17)11-16-7-9-19-10-8-16/h2,14-15,18H,1,3-13H2. The number of aliphatic hydroxyl groups excluding tert-OH is 1. The van der Waals surface area contributed by atoms with Crippen LogP contribution in [0.25, 0.3) is 0 Å². The third-order valence-corrected chi connectivity index (χ3v) is 4.16. The van der Waals surface area contributed by atoms with E-state index in [0.717, 1.165) is 64.7 Å². The zero-order chi connectivity index (χ0) is 13.5. The molecular weight excluding hydrogens is 240 g/mol. The van der Waals surface area contributed by atoms with Crippen LogP contribution in [-0.4, -0.2) is 73.5 Å². The summed E-state index contributed by atoms with van der Waals surface area (Å²) >= 11 is 0. The summed E-state index contributed by atoms with van der Waals surface area (Å²) in [5, 5.41) is 9.93. The molecule has 0 aromatic rings. The normalized spacial score (nSPS) is 27.5. The first-order valence-electron chi connectivity index (χ1n) is 7.59. The van der Waals surface area contributed by atoms with Crippen molar-refractivity contribution in [1.29, 1.82) is 0 Å². The van der Waals surface area contributed by atoms with E-state index in [0.29, 0.717) is 0 Å². The van der Waals surface area contributed by atoms with Crippen molar-refractivity contribution in [3.8, 4) is 0 Å². The lowest BCUT2D eigenvalue weighted by Crippen LogP contribution is -2.40. The van der Waals surface area contributed by atoms with Gasteiger partial charge in [0.2, 0.25) is 0 Å². The maximum absolute atomic E-state index is 9.93. The van der Waals surface area contributed by atoms with E-state index in [4.69, 9.17) is 4.74 Å². The van der Waals surface area contributed by atoms with E-state index in [1.165, 1.54) is 13.0 Å². The highest BCUT2D eigenvalue weighted by molar-refractivity contribution is 4.81. The molecule has 0 saturated carbocycles. The van der Waals surface area contributed by atoms with Crippen LogP contribution in [0.5, 0.6) is 0 Å². The van der Waals surface area contributed by atoms with Crippen LogP contribution in [0, 0.1) is 5.92 Å². The van der Waals surface area contributed by atoms with E-state index < -0.39 is 0 Å². The lowest BCUT2D eigenvalue weighted by atomic mass is 10.1. The largest absolute Gasteiger partial charge is 0.392 e. The minimum atomic E-state index is -0.194. The Bertz CT molecular complexity index is 267. The molecule has 4 nitrogen and oxygen atoms in total. The average Bonchev–Trinajstić information content (AvgIpc) is 2.85. The van der Waals surface area contributed by atoms with Gasteiger partial charge in [0.05, 0.1) is 19.3 Å². The highest BCUT2D eigenvalue weighted by atomic mass is 16.5. The first kappa shape index (κ1) is 15.0. The van der Waals surface area contributed by atoms with Crippen molar-refractivity contribution in [1.82, 2.24) is 9.80 Å². The van der Waals surface area contributed by atoms with Gasteiger partial charge < -0.3 is 14.7 Å². The Morgan fingerprint density at radius 3 is 2.79 bits per heavy atom. The maximum Gasteiger partial charge on any atom is 0.0670 e. The maximum atomic E-state index is 9.93. The van der Waals surface area contributed by atoms with E-state index in [-0.39, 0.29) is 6.10 Å². The van der Waals surface area contributed by atoms with Crippen molar-refractivity contribution in [2.45, 2.75) is 25.4 Å². The molecule has 0 aliphatic carbocycles. The minimum Gasteiger partial charge on any atom is -0.392 e. The monoisotopic (exact) mass is 268 g/mol. The number of likely N-dealkylation sites (tertiary alicyclic amines) is 1. The van der Waals surface area contributed by atoms with Crippen LogP contribution in [0.2, 0.25) is 0 Å². The molecule has 2 aliphatic heterocycles. The highest BCUT2D eigenvalue weighted by Gasteiger charge is 2.26. The van der Waals surface area contributed by atoms with Crippen LogP contribution in [0.15, 0.2) is 12.7 Å². The number of hydrogen-bond acceptors (Lipinski definition) is 4. The molecule has 1 N–H and O–H groups in total. The average molecular weight is 268 g/mol. The van der Waals surface area contributed by atoms with Crippen LogP contribution < -0.4 is 0 Å². The molecule has 2 heterocycles. The van der Waals surface area contributed by atoms with E-state index in [1.807, 2.05) is 6.08 Å².